The van der Waals surface area contributed by atoms with E-state index >= 15 is 0 Å². The predicted molar refractivity (Wildman–Crippen MR) is 114 cm³/mol. The largest absolute Gasteiger partial charge is 0.490 e. The molecule has 1 aliphatic heterocycles. The Balaban J connectivity index is 0.00000312. The normalized spacial score (nSPS) is 15.8. The summed E-state index contributed by atoms with van der Waals surface area (Å²) >= 11 is 0. The Morgan fingerprint density at radius 1 is 1.24 bits per heavy atom. The molecule has 0 atom stereocenters. The molecule has 0 radical (unpaired) electrons. The second kappa shape index (κ2) is 12.4. The van der Waals surface area contributed by atoms with Crippen molar-refractivity contribution in [3.8, 4) is 5.75 Å². The van der Waals surface area contributed by atoms with Crippen LogP contribution in [0.5, 0.6) is 5.75 Å². The van der Waals surface area contributed by atoms with Gasteiger partial charge in [0, 0.05) is 46.1 Å². The van der Waals surface area contributed by atoms with Crippen LogP contribution in [0.1, 0.15) is 33.1 Å². The van der Waals surface area contributed by atoms with E-state index in [0.717, 1.165) is 57.2 Å². The van der Waals surface area contributed by atoms with Crippen molar-refractivity contribution in [3.05, 3.63) is 30.3 Å². The van der Waals surface area contributed by atoms with E-state index in [1.807, 2.05) is 37.4 Å². The molecular weight excluding hydrogens is 429 g/mol. The predicted octanol–water partition coefficient (Wildman–Crippen LogP) is 3.54. The number of para-hydroxylation sites is 1. The number of benzene rings is 1. The van der Waals surface area contributed by atoms with E-state index in [4.69, 9.17) is 9.47 Å². The van der Waals surface area contributed by atoms with E-state index < -0.39 is 0 Å². The van der Waals surface area contributed by atoms with Crippen molar-refractivity contribution in [2.75, 3.05) is 33.3 Å². The molecule has 0 aliphatic carbocycles. The van der Waals surface area contributed by atoms with Crippen molar-refractivity contribution in [1.82, 2.24) is 10.2 Å². The SMILES string of the molecule is CN=C(NCCCOC(C)C)N1CCC(Oc2ccccc2)CC1.I. The summed E-state index contributed by atoms with van der Waals surface area (Å²) in [6.07, 6.45) is 3.62. The standard InChI is InChI=1S/C19H31N3O2.HI/c1-16(2)23-15-7-12-21-19(20-3)22-13-10-18(11-14-22)24-17-8-5-4-6-9-17;/h4-6,8-9,16,18H,7,10-15H2,1-3H3,(H,20,21);1H. The zero-order valence-electron chi connectivity index (χ0n) is 15.6. The Morgan fingerprint density at radius 2 is 1.92 bits per heavy atom. The third-order valence-corrected chi connectivity index (χ3v) is 4.05. The molecular formula is C19H32IN3O2. The summed E-state index contributed by atoms with van der Waals surface area (Å²) in [5.41, 5.74) is 0. The van der Waals surface area contributed by atoms with Crippen molar-refractivity contribution in [2.45, 2.75) is 45.3 Å². The number of halogens is 1. The van der Waals surface area contributed by atoms with Crippen LogP contribution in [-0.4, -0.2) is 56.4 Å². The summed E-state index contributed by atoms with van der Waals surface area (Å²) in [5.74, 6) is 1.95. The lowest BCUT2D eigenvalue weighted by atomic mass is 10.1. The van der Waals surface area contributed by atoms with Crippen molar-refractivity contribution < 1.29 is 9.47 Å². The Morgan fingerprint density at radius 3 is 2.52 bits per heavy atom. The van der Waals surface area contributed by atoms with Crippen molar-refractivity contribution in [3.63, 3.8) is 0 Å². The molecule has 1 aliphatic rings. The first kappa shape index (κ1) is 22.0. The molecule has 0 bridgehead atoms. The van der Waals surface area contributed by atoms with E-state index in [0.29, 0.717) is 12.2 Å². The summed E-state index contributed by atoms with van der Waals surface area (Å²) in [7, 11) is 1.85. The van der Waals surface area contributed by atoms with Crippen molar-refractivity contribution in [2.24, 2.45) is 4.99 Å². The number of nitrogens with zero attached hydrogens (tertiary/aromatic N) is 2. The minimum atomic E-state index is 0. The van der Waals surface area contributed by atoms with E-state index in [1.165, 1.54) is 0 Å². The van der Waals surface area contributed by atoms with Gasteiger partial charge in [-0.1, -0.05) is 18.2 Å². The Kier molecular flexibility index (Phi) is 10.9. The average molecular weight is 461 g/mol. The second-order valence-corrected chi connectivity index (χ2v) is 6.36. The molecule has 1 saturated heterocycles. The van der Waals surface area contributed by atoms with Gasteiger partial charge in [0.25, 0.3) is 0 Å². The van der Waals surface area contributed by atoms with Gasteiger partial charge >= 0.3 is 0 Å². The smallest absolute Gasteiger partial charge is 0.193 e. The Bertz CT molecular complexity index is 489. The Labute approximate surface area is 169 Å². The maximum Gasteiger partial charge on any atom is 0.193 e. The number of likely N-dealkylation sites (tertiary alicyclic amines) is 1. The lowest BCUT2D eigenvalue weighted by Crippen LogP contribution is -2.47. The molecule has 142 valence electrons. The van der Waals surface area contributed by atoms with Gasteiger partial charge in [-0.3, -0.25) is 4.99 Å². The fraction of sp³-hybridized carbons (Fsp3) is 0.632. The lowest BCUT2D eigenvalue weighted by molar-refractivity contribution is 0.0774. The van der Waals surface area contributed by atoms with Crippen LogP contribution in [0.2, 0.25) is 0 Å². The topological polar surface area (TPSA) is 46.1 Å². The van der Waals surface area contributed by atoms with Gasteiger partial charge < -0.3 is 19.7 Å². The lowest BCUT2D eigenvalue weighted by Gasteiger charge is -2.34. The van der Waals surface area contributed by atoms with Crippen LogP contribution in [-0.2, 0) is 4.74 Å². The molecule has 6 heteroatoms. The summed E-state index contributed by atoms with van der Waals surface area (Å²) in [4.78, 5) is 6.72. The van der Waals surface area contributed by atoms with Gasteiger partial charge in [0.05, 0.1) is 6.10 Å². The number of rotatable bonds is 7. The highest BCUT2D eigenvalue weighted by Gasteiger charge is 2.22. The zero-order valence-corrected chi connectivity index (χ0v) is 17.9. The van der Waals surface area contributed by atoms with Crippen LogP contribution < -0.4 is 10.1 Å². The molecule has 1 heterocycles. The number of ether oxygens (including phenoxy) is 2. The third kappa shape index (κ3) is 8.27. The summed E-state index contributed by atoms with van der Waals surface area (Å²) in [5, 5.41) is 3.43. The zero-order chi connectivity index (χ0) is 17.2. The first-order valence-corrected chi connectivity index (χ1v) is 8.98. The maximum atomic E-state index is 6.05. The first-order valence-electron chi connectivity index (χ1n) is 8.98. The molecule has 0 spiro atoms. The van der Waals surface area contributed by atoms with Crippen LogP contribution in [0.4, 0.5) is 0 Å². The van der Waals surface area contributed by atoms with Crippen molar-refractivity contribution >= 4 is 29.9 Å². The molecule has 25 heavy (non-hydrogen) atoms. The van der Waals surface area contributed by atoms with Crippen molar-refractivity contribution in [1.29, 1.82) is 0 Å². The van der Waals surface area contributed by atoms with E-state index in [1.54, 1.807) is 0 Å². The molecule has 0 unspecified atom stereocenters. The third-order valence-electron chi connectivity index (χ3n) is 4.05. The quantitative estimate of drug-likeness (QED) is 0.292. The number of guanidine groups is 1. The fourth-order valence-corrected chi connectivity index (χ4v) is 2.80. The number of hydrogen-bond donors (Lipinski definition) is 1. The first-order chi connectivity index (χ1) is 11.7. The van der Waals surface area contributed by atoms with Crippen LogP contribution >= 0.6 is 24.0 Å². The molecule has 5 nitrogen and oxygen atoms in total. The van der Waals surface area contributed by atoms with Gasteiger partial charge in [0.15, 0.2) is 5.96 Å². The molecule has 0 amide bonds. The number of hydrogen-bond acceptors (Lipinski definition) is 3. The van der Waals surface area contributed by atoms with Gasteiger partial charge in [-0.2, -0.15) is 0 Å². The molecule has 1 aromatic rings. The minimum Gasteiger partial charge on any atom is -0.490 e. The van der Waals surface area contributed by atoms with E-state index in [-0.39, 0.29) is 24.0 Å². The highest BCUT2D eigenvalue weighted by Crippen LogP contribution is 2.18. The molecule has 1 N–H and O–H groups in total. The summed E-state index contributed by atoms with van der Waals surface area (Å²) in [6.45, 7) is 7.75. The molecule has 0 aromatic heterocycles. The monoisotopic (exact) mass is 461 g/mol. The van der Waals surface area contributed by atoms with E-state index in [9.17, 15) is 0 Å². The van der Waals surface area contributed by atoms with Gasteiger partial charge in [0.2, 0.25) is 0 Å². The summed E-state index contributed by atoms with van der Waals surface area (Å²) in [6, 6.07) is 10.1. The summed E-state index contributed by atoms with van der Waals surface area (Å²) < 4.78 is 11.6. The van der Waals surface area contributed by atoms with Gasteiger partial charge in [-0.05, 0) is 32.4 Å². The molecule has 1 aromatic carbocycles. The molecule has 1 fully saturated rings. The average Bonchev–Trinajstić information content (AvgIpc) is 2.60. The van der Waals surface area contributed by atoms with E-state index in [2.05, 4.69) is 29.1 Å². The van der Waals surface area contributed by atoms with Crippen LogP contribution in [0.25, 0.3) is 0 Å². The number of nitrogens with one attached hydrogen (secondary N) is 1. The number of piperidine rings is 1. The highest BCUT2D eigenvalue weighted by molar-refractivity contribution is 14.0. The minimum absolute atomic E-state index is 0. The van der Waals surface area contributed by atoms with Crippen LogP contribution in [0.15, 0.2) is 35.3 Å². The second-order valence-electron chi connectivity index (χ2n) is 6.36. The van der Waals surface area contributed by atoms with Gasteiger partial charge in [-0.25, -0.2) is 0 Å². The Hall–Kier alpha value is -1.02. The highest BCUT2D eigenvalue weighted by atomic mass is 127. The van der Waals surface area contributed by atoms with Gasteiger partial charge in [0.1, 0.15) is 11.9 Å². The number of aliphatic imine (C=N–C) groups is 1. The molecule has 0 saturated carbocycles. The van der Waals surface area contributed by atoms with Crippen LogP contribution in [0, 0.1) is 0 Å². The van der Waals surface area contributed by atoms with Gasteiger partial charge in [-0.15, -0.1) is 24.0 Å². The molecule has 2 rings (SSSR count). The fourth-order valence-electron chi connectivity index (χ4n) is 2.80. The van der Waals surface area contributed by atoms with Crippen LogP contribution in [0.3, 0.4) is 0 Å². The maximum absolute atomic E-state index is 6.05.